The normalized spacial score (nSPS) is 20.7. The number of rotatable bonds is 2. The minimum Gasteiger partial charge on any atom is -0.476 e. The van der Waals surface area contributed by atoms with Crippen LogP contribution in [0.5, 0.6) is 0 Å². The molecule has 1 aromatic carbocycles. The zero-order valence-corrected chi connectivity index (χ0v) is 13.1. The molecule has 0 radical (unpaired) electrons. The molecule has 2 N–H and O–H groups in total. The van der Waals surface area contributed by atoms with E-state index in [2.05, 4.69) is 26.3 Å². The van der Waals surface area contributed by atoms with Crippen molar-refractivity contribution in [1.29, 1.82) is 0 Å². The van der Waals surface area contributed by atoms with Crippen LogP contribution in [0.1, 0.15) is 34.6 Å². The van der Waals surface area contributed by atoms with Crippen LogP contribution in [0.15, 0.2) is 34.8 Å². The van der Waals surface area contributed by atoms with Gasteiger partial charge in [-0.25, -0.2) is 9.48 Å². The van der Waals surface area contributed by atoms with Crippen LogP contribution in [0.3, 0.4) is 0 Å². The molecule has 0 aliphatic carbocycles. The molecule has 0 fully saturated rings. The molecule has 0 saturated carbocycles. The first-order valence-electron chi connectivity index (χ1n) is 6.67. The first kappa shape index (κ1) is 15.9. The Balaban J connectivity index is 2.01. The van der Waals surface area contributed by atoms with Crippen molar-refractivity contribution < 1.29 is 23.1 Å². The van der Waals surface area contributed by atoms with Crippen LogP contribution in [0, 0.1) is 0 Å². The third-order valence-electron chi connectivity index (χ3n) is 3.68. The van der Waals surface area contributed by atoms with Gasteiger partial charge in [0.1, 0.15) is 5.82 Å². The van der Waals surface area contributed by atoms with E-state index in [4.69, 9.17) is 5.11 Å². The highest BCUT2D eigenvalue weighted by atomic mass is 79.9. The second-order valence-corrected chi connectivity index (χ2v) is 6.12. The van der Waals surface area contributed by atoms with E-state index in [1.165, 1.54) is 0 Å². The highest BCUT2D eigenvalue weighted by molar-refractivity contribution is 9.10. The number of hydrogen-bond acceptors (Lipinski definition) is 3. The van der Waals surface area contributed by atoms with Gasteiger partial charge < -0.3 is 10.4 Å². The van der Waals surface area contributed by atoms with Crippen LogP contribution >= 0.6 is 15.9 Å². The quantitative estimate of drug-likeness (QED) is 0.814. The number of alkyl halides is 3. The summed E-state index contributed by atoms with van der Waals surface area (Å²) in [6.45, 7) is 0. The summed E-state index contributed by atoms with van der Waals surface area (Å²) in [7, 11) is 0. The standard InChI is InChI=1S/C14H11BrF3N3O2/c15-8-3-1-7(2-4-8)9-5-11(14(16,17)18)21-12(19-9)6-10(20-21)13(22)23/h1-4,6,9,11,19H,5H2,(H,22,23)/t9-,11-/m0/s1. The minimum absolute atomic E-state index is 0.0453. The van der Waals surface area contributed by atoms with Crippen LogP contribution in [0.4, 0.5) is 19.0 Å². The molecule has 0 unspecified atom stereocenters. The molecule has 3 rings (SSSR count). The Morgan fingerprint density at radius 1 is 1.35 bits per heavy atom. The molecule has 0 amide bonds. The molecule has 5 nitrogen and oxygen atoms in total. The minimum atomic E-state index is -4.52. The second-order valence-electron chi connectivity index (χ2n) is 5.21. The number of hydrogen-bond donors (Lipinski definition) is 2. The van der Waals surface area contributed by atoms with Gasteiger partial charge in [0.2, 0.25) is 0 Å². The molecule has 2 atom stereocenters. The number of carboxylic acid groups (broad SMARTS) is 1. The number of fused-ring (bicyclic) bond motifs is 1. The molecule has 1 aliphatic heterocycles. The Bertz CT molecular complexity index is 743. The third kappa shape index (κ3) is 3.05. The summed E-state index contributed by atoms with van der Waals surface area (Å²) in [6.07, 6.45) is -4.79. The predicted molar refractivity (Wildman–Crippen MR) is 79.4 cm³/mol. The summed E-state index contributed by atoms with van der Waals surface area (Å²) in [6, 6.07) is 5.59. The molecule has 0 spiro atoms. The lowest BCUT2D eigenvalue weighted by Gasteiger charge is -2.33. The first-order chi connectivity index (χ1) is 10.8. The topological polar surface area (TPSA) is 67.1 Å². The van der Waals surface area contributed by atoms with Gasteiger partial charge in [0.25, 0.3) is 0 Å². The number of carbonyl (C=O) groups is 1. The number of aromatic nitrogens is 2. The van der Waals surface area contributed by atoms with Gasteiger partial charge in [0.05, 0.1) is 6.04 Å². The van der Waals surface area contributed by atoms with Gasteiger partial charge in [-0.3, -0.25) is 0 Å². The van der Waals surface area contributed by atoms with E-state index < -0.39 is 29.9 Å². The van der Waals surface area contributed by atoms with E-state index in [0.717, 1.165) is 10.5 Å². The van der Waals surface area contributed by atoms with E-state index in [0.29, 0.717) is 10.2 Å². The molecular weight excluding hydrogens is 379 g/mol. The van der Waals surface area contributed by atoms with Crippen LogP contribution in [0.2, 0.25) is 0 Å². The highest BCUT2D eigenvalue weighted by Gasteiger charge is 2.46. The summed E-state index contributed by atoms with van der Waals surface area (Å²) >= 11 is 3.28. The summed E-state index contributed by atoms with van der Waals surface area (Å²) in [5, 5.41) is 15.4. The maximum absolute atomic E-state index is 13.3. The summed E-state index contributed by atoms with van der Waals surface area (Å²) in [4.78, 5) is 11.0. The van der Waals surface area contributed by atoms with Crippen LogP contribution in [0.25, 0.3) is 0 Å². The smallest absolute Gasteiger partial charge is 0.410 e. The lowest BCUT2D eigenvalue weighted by molar-refractivity contribution is -0.173. The number of carboxylic acids is 1. The molecule has 1 aliphatic rings. The largest absolute Gasteiger partial charge is 0.476 e. The van der Waals surface area contributed by atoms with Crippen molar-refractivity contribution in [3.63, 3.8) is 0 Å². The highest BCUT2D eigenvalue weighted by Crippen LogP contribution is 2.43. The number of nitrogens with one attached hydrogen (secondary N) is 1. The molecule has 9 heteroatoms. The Labute approximate surface area is 137 Å². The van der Waals surface area contributed by atoms with Crippen molar-refractivity contribution in [2.24, 2.45) is 0 Å². The second kappa shape index (κ2) is 5.55. The van der Waals surface area contributed by atoms with Gasteiger partial charge in [-0.1, -0.05) is 28.1 Å². The van der Waals surface area contributed by atoms with E-state index in [1.807, 2.05) is 0 Å². The summed E-state index contributed by atoms with van der Waals surface area (Å²) in [5.41, 5.74) is 0.269. The average molecular weight is 390 g/mol. The van der Waals surface area contributed by atoms with E-state index in [9.17, 15) is 18.0 Å². The fourth-order valence-electron chi connectivity index (χ4n) is 2.59. The van der Waals surface area contributed by atoms with E-state index in [-0.39, 0.29) is 12.2 Å². The number of nitrogens with zero attached hydrogens (tertiary/aromatic N) is 2. The van der Waals surface area contributed by atoms with Crippen LogP contribution in [-0.2, 0) is 0 Å². The summed E-state index contributed by atoms with van der Waals surface area (Å²) < 4.78 is 41.5. The number of aromatic carboxylic acids is 1. The maximum Gasteiger partial charge on any atom is 0.410 e. The summed E-state index contributed by atoms with van der Waals surface area (Å²) in [5.74, 6) is -1.32. The lowest BCUT2D eigenvalue weighted by atomic mass is 9.97. The molecule has 122 valence electrons. The monoisotopic (exact) mass is 389 g/mol. The maximum atomic E-state index is 13.3. The van der Waals surface area contributed by atoms with E-state index in [1.54, 1.807) is 24.3 Å². The zero-order valence-electron chi connectivity index (χ0n) is 11.5. The van der Waals surface area contributed by atoms with Gasteiger partial charge in [0.15, 0.2) is 11.7 Å². The zero-order chi connectivity index (χ0) is 16.8. The van der Waals surface area contributed by atoms with Gasteiger partial charge in [-0.2, -0.15) is 18.3 Å². The van der Waals surface area contributed by atoms with Crippen LogP contribution in [-0.4, -0.2) is 27.0 Å². The molecule has 0 saturated heterocycles. The SMILES string of the molecule is O=C(O)c1cc2n(n1)[C@H](C(F)(F)F)C[C@@H](c1ccc(Br)cc1)N2. The lowest BCUT2D eigenvalue weighted by Crippen LogP contribution is -2.35. The average Bonchev–Trinajstić information content (AvgIpc) is 2.90. The number of halogens is 4. The molecule has 1 aromatic heterocycles. The Morgan fingerprint density at radius 3 is 2.57 bits per heavy atom. The Hall–Kier alpha value is -2.03. The predicted octanol–water partition coefficient (Wildman–Crippen LogP) is 4.00. The fourth-order valence-corrected chi connectivity index (χ4v) is 2.86. The Kier molecular flexibility index (Phi) is 3.83. The third-order valence-corrected chi connectivity index (χ3v) is 4.21. The number of benzene rings is 1. The number of anilines is 1. The van der Waals surface area contributed by atoms with Crippen molar-refractivity contribution in [1.82, 2.24) is 9.78 Å². The van der Waals surface area contributed by atoms with Crippen LogP contribution < -0.4 is 5.32 Å². The fraction of sp³-hybridized carbons (Fsp3) is 0.286. The van der Waals surface area contributed by atoms with Crippen molar-refractivity contribution >= 4 is 27.7 Å². The first-order valence-corrected chi connectivity index (χ1v) is 7.46. The van der Waals surface area contributed by atoms with Crippen molar-refractivity contribution in [2.75, 3.05) is 5.32 Å². The van der Waals surface area contributed by atoms with Crippen molar-refractivity contribution in [2.45, 2.75) is 24.7 Å². The van der Waals surface area contributed by atoms with Gasteiger partial charge in [-0.05, 0) is 17.7 Å². The Morgan fingerprint density at radius 2 is 2.00 bits per heavy atom. The molecule has 23 heavy (non-hydrogen) atoms. The van der Waals surface area contributed by atoms with Crippen molar-refractivity contribution in [3.8, 4) is 0 Å². The van der Waals surface area contributed by atoms with Gasteiger partial charge >= 0.3 is 12.1 Å². The molecule has 2 aromatic rings. The van der Waals surface area contributed by atoms with Crippen molar-refractivity contribution in [3.05, 3.63) is 46.1 Å². The van der Waals surface area contributed by atoms with Gasteiger partial charge in [0, 0.05) is 17.0 Å². The molecule has 0 bridgehead atoms. The molecule has 2 heterocycles. The van der Waals surface area contributed by atoms with E-state index >= 15 is 0 Å². The molecular formula is C14H11BrF3N3O2. The van der Waals surface area contributed by atoms with Gasteiger partial charge in [-0.15, -0.1) is 0 Å².